The lowest BCUT2D eigenvalue weighted by atomic mass is 9.86. The first-order valence-electron chi connectivity index (χ1n) is 8.98. The number of nitrogens with zero attached hydrogens (tertiary/aromatic N) is 1. The van der Waals surface area contributed by atoms with Crippen molar-refractivity contribution in [2.24, 2.45) is 0 Å². The van der Waals surface area contributed by atoms with Gasteiger partial charge in [-0.1, -0.05) is 31.0 Å². The Morgan fingerprint density at radius 1 is 1.14 bits per heavy atom. The van der Waals surface area contributed by atoms with Crippen LogP contribution in [0.15, 0.2) is 35.5 Å². The molecule has 0 bridgehead atoms. The van der Waals surface area contributed by atoms with E-state index in [0.717, 1.165) is 17.4 Å². The van der Waals surface area contributed by atoms with Crippen molar-refractivity contribution in [2.45, 2.75) is 58.7 Å². The number of carbonyl (C=O) groups excluding carboxylic acids is 3. The number of halogens is 3. The molecule has 2 amide bonds. The van der Waals surface area contributed by atoms with E-state index in [4.69, 9.17) is 0 Å². The maximum absolute atomic E-state index is 14.2. The smallest absolute Gasteiger partial charge is 0.330 e. The summed E-state index contributed by atoms with van der Waals surface area (Å²) < 4.78 is 42.7. The van der Waals surface area contributed by atoms with Crippen LogP contribution in [-0.2, 0) is 14.4 Å². The minimum Gasteiger partial charge on any atom is -0.330 e. The normalized spacial score (nSPS) is 20.0. The van der Waals surface area contributed by atoms with Gasteiger partial charge in [0.25, 0.3) is 5.91 Å². The largest absolute Gasteiger partial charge is 0.425 e. The summed E-state index contributed by atoms with van der Waals surface area (Å²) in [6.45, 7) is 5.83. The molecule has 1 aromatic carbocycles. The molecular formula is C20H23F3N2O3. The number of nitrogens with one attached hydrogen (secondary N) is 1. The molecule has 28 heavy (non-hydrogen) atoms. The van der Waals surface area contributed by atoms with Crippen molar-refractivity contribution in [1.82, 2.24) is 5.32 Å². The van der Waals surface area contributed by atoms with E-state index in [1.54, 1.807) is 26.0 Å². The standard InChI is InChI=1S/C20H23F3N2O3/c1-5-6-7-16(27)24-19(20(21,22)23)17(14(4)26)13(3)25(18(19)28)15-10-8-12(2)9-11-15/h8-11H,5-7H2,1-4H3,(H,24,27)/t19-/m0/s1. The zero-order valence-corrected chi connectivity index (χ0v) is 16.2. The predicted molar refractivity (Wildman–Crippen MR) is 98.5 cm³/mol. The van der Waals surface area contributed by atoms with Crippen LogP contribution in [0.3, 0.4) is 0 Å². The van der Waals surface area contributed by atoms with E-state index < -0.39 is 34.9 Å². The molecular weight excluding hydrogens is 373 g/mol. The van der Waals surface area contributed by atoms with Crippen molar-refractivity contribution >= 4 is 23.3 Å². The van der Waals surface area contributed by atoms with Gasteiger partial charge >= 0.3 is 6.18 Å². The number of allylic oxidation sites excluding steroid dienone is 1. The number of amides is 2. The van der Waals surface area contributed by atoms with Crippen LogP contribution in [0.2, 0.25) is 0 Å². The minimum absolute atomic E-state index is 0.144. The van der Waals surface area contributed by atoms with E-state index in [1.165, 1.54) is 19.1 Å². The zero-order valence-electron chi connectivity index (χ0n) is 16.2. The molecule has 1 aromatic rings. The number of hydrogen-bond donors (Lipinski definition) is 1. The first-order valence-corrected chi connectivity index (χ1v) is 8.98. The Morgan fingerprint density at radius 2 is 1.71 bits per heavy atom. The highest BCUT2D eigenvalue weighted by Crippen LogP contribution is 2.46. The van der Waals surface area contributed by atoms with Gasteiger partial charge in [0.1, 0.15) is 0 Å². The Morgan fingerprint density at radius 3 is 2.18 bits per heavy atom. The molecule has 0 unspecified atom stereocenters. The monoisotopic (exact) mass is 396 g/mol. The van der Waals surface area contributed by atoms with E-state index in [2.05, 4.69) is 0 Å². The lowest BCUT2D eigenvalue weighted by Gasteiger charge is -2.33. The lowest BCUT2D eigenvalue weighted by molar-refractivity contribution is -0.190. The van der Waals surface area contributed by atoms with Crippen LogP contribution >= 0.6 is 0 Å². The average Bonchev–Trinajstić information content (AvgIpc) is 2.81. The summed E-state index contributed by atoms with van der Waals surface area (Å²) in [6, 6.07) is 6.30. The minimum atomic E-state index is -5.19. The lowest BCUT2D eigenvalue weighted by Crippen LogP contribution is -2.66. The number of Topliss-reactive ketones (excluding diaryl/α,β-unsaturated/α-hetero) is 1. The molecule has 0 aliphatic carbocycles. The van der Waals surface area contributed by atoms with Crippen molar-refractivity contribution < 1.29 is 27.6 Å². The highest BCUT2D eigenvalue weighted by Gasteiger charge is 2.70. The highest BCUT2D eigenvalue weighted by atomic mass is 19.4. The van der Waals surface area contributed by atoms with Gasteiger partial charge in [-0.25, -0.2) is 0 Å². The van der Waals surface area contributed by atoms with E-state index in [0.29, 0.717) is 12.8 Å². The van der Waals surface area contributed by atoms with Gasteiger partial charge in [-0.3, -0.25) is 19.3 Å². The van der Waals surface area contributed by atoms with Crippen LogP contribution < -0.4 is 10.2 Å². The SMILES string of the molecule is CCCCC(=O)N[C@]1(C(F)(F)F)C(=O)N(c2ccc(C)cc2)C(C)=C1C(C)=O. The van der Waals surface area contributed by atoms with Crippen LogP contribution in [0.25, 0.3) is 0 Å². The van der Waals surface area contributed by atoms with Crippen LogP contribution in [0.1, 0.15) is 45.6 Å². The summed E-state index contributed by atoms with van der Waals surface area (Å²) >= 11 is 0. The Balaban J connectivity index is 2.66. The third-order valence-electron chi connectivity index (χ3n) is 4.75. The first-order chi connectivity index (χ1) is 13.0. The molecule has 1 N–H and O–H groups in total. The van der Waals surface area contributed by atoms with Crippen molar-refractivity contribution in [1.29, 1.82) is 0 Å². The molecule has 5 nitrogen and oxygen atoms in total. The third kappa shape index (κ3) is 3.55. The molecule has 0 aromatic heterocycles. The van der Waals surface area contributed by atoms with E-state index in [-0.39, 0.29) is 17.8 Å². The topological polar surface area (TPSA) is 66.5 Å². The Bertz CT molecular complexity index is 828. The van der Waals surface area contributed by atoms with Crippen molar-refractivity contribution in [3.05, 3.63) is 41.1 Å². The van der Waals surface area contributed by atoms with Gasteiger partial charge in [0, 0.05) is 17.8 Å². The van der Waals surface area contributed by atoms with Crippen LogP contribution in [-0.4, -0.2) is 29.3 Å². The molecule has 1 atom stereocenters. The number of benzene rings is 1. The van der Waals surface area contributed by atoms with Crippen molar-refractivity contribution in [3.8, 4) is 0 Å². The number of unbranched alkanes of at least 4 members (excludes halogenated alkanes) is 1. The Hall–Kier alpha value is -2.64. The molecule has 8 heteroatoms. The summed E-state index contributed by atoms with van der Waals surface area (Å²) in [7, 11) is 0. The highest BCUT2D eigenvalue weighted by molar-refractivity contribution is 6.19. The number of carbonyl (C=O) groups is 3. The molecule has 0 spiro atoms. The summed E-state index contributed by atoms with van der Waals surface area (Å²) in [5.74, 6) is -3.25. The second-order valence-electron chi connectivity index (χ2n) is 6.89. The fraction of sp³-hybridized carbons (Fsp3) is 0.450. The summed E-state index contributed by atoms with van der Waals surface area (Å²) in [4.78, 5) is 38.3. The van der Waals surface area contributed by atoms with Crippen molar-refractivity contribution in [2.75, 3.05) is 4.90 Å². The predicted octanol–water partition coefficient (Wildman–Crippen LogP) is 3.81. The number of anilines is 1. The van der Waals surface area contributed by atoms with Gasteiger partial charge in [-0.15, -0.1) is 0 Å². The molecule has 0 saturated carbocycles. The molecule has 152 valence electrons. The third-order valence-corrected chi connectivity index (χ3v) is 4.75. The fourth-order valence-electron chi connectivity index (χ4n) is 3.39. The fourth-order valence-corrected chi connectivity index (χ4v) is 3.39. The second-order valence-corrected chi connectivity index (χ2v) is 6.89. The summed E-state index contributed by atoms with van der Waals surface area (Å²) in [5, 5.41) is 1.86. The van der Waals surface area contributed by atoms with Gasteiger partial charge in [0.05, 0.1) is 5.57 Å². The zero-order chi connectivity index (χ0) is 21.3. The average molecular weight is 396 g/mol. The molecule has 2 rings (SSSR count). The number of aryl methyl sites for hydroxylation is 1. The number of alkyl halides is 3. The number of hydrogen-bond acceptors (Lipinski definition) is 3. The van der Waals surface area contributed by atoms with Gasteiger partial charge in [-0.05, 0) is 39.3 Å². The quantitative estimate of drug-likeness (QED) is 0.795. The maximum atomic E-state index is 14.2. The van der Waals surface area contributed by atoms with Gasteiger partial charge in [0.15, 0.2) is 5.78 Å². The van der Waals surface area contributed by atoms with Gasteiger partial charge < -0.3 is 5.32 Å². The molecule has 0 radical (unpaired) electrons. The molecule has 1 heterocycles. The van der Waals surface area contributed by atoms with Gasteiger partial charge in [0.2, 0.25) is 11.4 Å². The molecule has 0 fully saturated rings. The van der Waals surface area contributed by atoms with Crippen molar-refractivity contribution in [3.63, 3.8) is 0 Å². The molecule has 1 aliphatic rings. The number of ketones is 1. The van der Waals surface area contributed by atoms with E-state index in [9.17, 15) is 27.6 Å². The summed E-state index contributed by atoms with van der Waals surface area (Å²) in [6.07, 6.45) is -4.39. The maximum Gasteiger partial charge on any atom is 0.425 e. The first kappa shape index (κ1) is 21.7. The Labute approximate surface area is 161 Å². The van der Waals surface area contributed by atoms with E-state index in [1.807, 2.05) is 5.32 Å². The molecule has 1 aliphatic heterocycles. The van der Waals surface area contributed by atoms with Crippen LogP contribution in [0.5, 0.6) is 0 Å². The van der Waals surface area contributed by atoms with E-state index >= 15 is 0 Å². The second kappa shape index (κ2) is 7.77. The summed E-state index contributed by atoms with van der Waals surface area (Å²) in [5.41, 5.74) is -3.23. The molecule has 0 saturated heterocycles. The number of rotatable bonds is 6. The van der Waals surface area contributed by atoms with Crippen LogP contribution in [0.4, 0.5) is 18.9 Å². The van der Waals surface area contributed by atoms with Gasteiger partial charge in [-0.2, -0.15) is 13.2 Å². The van der Waals surface area contributed by atoms with Crippen LogP contribution in [0, 0.1) is 6.92 Å². The Kier molecular flexibility index (Phi) is 6.01.